The highest BCUT2D eigenvalue weighted by Gasteiger charge is 2.10. The van der Waals surface area contributed by atoms with Gasteiger partial charge < -0.3 is 15.5 Å². The van der Waals surface area contributed by atoms with E-state index in [-0.39, 0.29) is 30.7 Å². The van der Waals surface area contributed by atoms with Crippen LogP contribution in [0.2, 0.25) is 0 Å². The molecule has 150 valence electrons. The molecule has 2 rings (SSSR count). The monoisotopic (exact) mass is 404 g/mol. The number of nitrogens with one attached hydrogen (secondary N) is 2. The van der Waals surface area contributed by atoms with Crippen LogP contribution < -0.4 is 15.8 Å². The third-order valence-corrected chi connectivity index (χ3v) is 4.58. The zero-order valence-electron chi connectivity index (χ0n) is 15.6. The molecule has 0 aliphatic heterocycles. The van der Waals surface area contributed by atoms with Crippen LogP contribution in [0.1, 0.15) is 17.5 Å². The minimum Gasteiger partial charge on any atom is -0.337 e. The Hall–Kier alpha value is -2.91. The van der Waals surface area contributed by atoms with Crippen molar-refractivity contribution >= 4 is 27.6 Å². The third-order valence-electron chi connectivity index (χ3n) is 3.84. The number of nitrogens with two attached hydrogens (primary N) is 1. The first-order chi connectivity index (χ1) is 13.2. The van der Waals surface area contributed by atoms with Crippen LogP contribution in [0.3, 0.4) is 0 Å². The number of urea groups is 1. The van der Waals surface area contributed by atoms with Crippen LogP contribution in [0.15, 0.2) is 54.6 Å². The highest BCUT2D eigenvalue weighted by molar-refractivity contribution is 7.88. The minimum atomic E-state index is -3.59. The van der Waals surface area contributed by atoms with E-state index in [0.29, 0.717) is 17.8 Å². The van der Waals surface area contributed by atoms with Crippen LogP contribution in [0.5, 0.6) is 0 Å². The number of anilines is 1. The van der Waals surface area contributed by atoms with Crippen molar-refractivity contribution in [3.63, 3.8) is 0 Å². The summed E-state index contributed by atoms with van der Waals surface area (Å²) >= 11 is 0. The van der Waals surface area contributed by atoms with E-state index in [1.165, 1.54) is 4.90 Å². The second-order valence-corrected chi connectivity index (χ2v) is 7.99. The van der Waals surface area contributed by atoms with Crippen molar-refractivity contribution in [1.82, 2.24) is 10.2 Å². The fourth-order valence-electron chi connectivity index (χ4n) is 2.49. The molecule has 28 heavy (non-hydrogen) atoms. The molecule has 8 nitrogen and oxygen atoms in total. The van der Waals surface area contributed by atoms with Crippen LogP contribution in [0, 0.1) is 0 Å². The second-order valence-electron chi connectivity index (χ2n) is 6.38. The van der Waals surface area contributed by atoms with E-state index < -0.39 is 10.0 Å². The van der Waals surface area contributed by atoms with Crippen molar-refractivity contribution in [1.29, 1.82) is 0 Å². The molecule has 0 unspecified atom stereocenters. The predicted octanol–water partition coefficient (Wildman–Crippen LogP) is 1.65. The molecule has 0 radical (unpaired) electrons. The van der Waals surface area contributed by atoms with E-state index in [0.717, 1.165) is 5.56 Å². The average Bonchev–Trinajstić information content (AvgIpc) is 2.63. The summed E-state index contributed by atoms with van der Waals surface area (Å²) in [5.41, 5.74) is 2.09. The Balaban J connectivity index is 1.72. The number of nitrogens with zero attached hydrogens (tertiary/aromatic N) is 1. The van der Waals surface area contributed by atoms with Gasteiger partial charge in [-0.05, 0) is 23.3 Å². The number of benzene rings is 2. The summed E-state index contributed by atoms with van der Waals surface area (Å²) in [5.74, 6) is -0.519. The van der Waals surface area contributed by atoms with E-state index >= 15 is 0 Å². The molecule has 0 bridgehead atoms. The Kier molecular flexibility index (Phi) is 7.53. The zero-order chi connectivity index (χ0) is 20.6. The molecule has 0 aliphatic rings. The van der Waals surface area contributed by atoms with Crippen LogP contribution in [-0.4, -0.2) is 38.8 Å². The second kappa shape index (κ2) is 9.86. The van der Waals surface area contributed by atoms with Crippen molar-refractivity contribution in [3.05, 3.63) is 65.7 Å². The van der Waals surface area contributed by atoms with Crippen molar-refractivity contribution in [2.45, 2.75) is 18.7 Å². The number of hydrogen-bond donors (Lipinski definition) is 3. The fourth-order valence-corrected chi connectivity index (χ4v) is 3.14. The SMILES string of the molecule is CN(Cc1ccccc1)C(=O)NCCC(=O)Nc1ccc(CS(N)(=O)=O)cc1. The van der Waals surface area contributed by atoms with Crippen LogP contribution in [0.25, 0.3) is 0 Å². The van der Waals surface area contributed by atoms with E-state index in [1.54, 1.807) is 31.3 Å². The number of rotatable bonds is 8. The summed E-state index contributed by atoms with van der Waals surface area (Å²) in [6, 6.07) is 15.7. The Morgan fingerprint density at radius 1 is 1.00 bits per heavy atom. The molecule has 2 aromatic rings. The molecule has 0 fully saturated rings. The molecule has 0 saturated heterocycles. The fraction of sp³-hybridized carbons (Fsp3) is 0.263. The smallest absolute Gasteiger partial charge is 0.317 e. The van der Waals surface area contributed by atoms with Gasteiger partial charge in [0, 0.05) is 32.2 Å². The first kappa shape index (κ1) is 21.4. The van der Waals surface area contributed by atoms with Crippen molar-refractivity contribution < 1.29 is 18.0 Å². The van der Waals surface area contributed by atoms with Gasteiger partial charge in [0.15, 0.2) is 0 Å². The van der Waals surface area contributed by atoms with Gasteiger partial charge in [0.1, 0.15) is 0 Å². The molecule has 0 aromatic heterocycles. The molecule has 0 aliphatic carbocycles. The lowest BCUT2D eigenvalue weighted by molar-refractivity contribution is -0.116. The number of carbonyl (C=O) groups excluding carboxylic acids is 2. The Labute approximate surface area is 164 Å². The zero-order valence-corrected chi connectivity index (χ0v) is 16.4. The quantitative estimate of drug-likeness (QED) is 0.619. The lowest BCUT2D eigenvalue weighted by atomic mass is 10.2. The number of hydrogen-bond acceptors (Lipinski definition) is 4. The summed E-state index contributed by atoms with van der Waals surface area (Å²) in [7, 11) is -1.91. The molecule has 3 amide bonds. The van der Waals surface area contributed by atoms with Crippen LogP contribution in [0.4, 0.5) is 10.5 Å². The van der Waals surface area contributed by atoms with E-state index in [1.807, 2.05) is 30.3 Å². The van der Waals surface area contributed by atoms with Gasteiger partial charge in [-0.1, -0.05) is 42.5 Å². The van der Waals surface area contributed by atoms with Crippen molar-refractivity contribution in [3.8, 4) is 0 Å². The lowest BCUT2D eigenvalue weighted by Gasteiger charge is -2.18. The molecule has 0 saturated carbocycles. The first-order valence-electron chi connectivity index (χ1n) is 8.65. The molecule has 4 N–H and O–H groups in total. The molecule has 2 aromatic carbocycles. The molecule has 0 heterocycles. The number of carbonyl (C=O) groups is 2. The highest BCUT2D eigenvalue weighted by atomic mass is 32.2. The maximum absolute atomic E-state index is 12.1. The lowest BCUT2D eigenvalue weighted by Crippen LogP contribution is -2.38. The number of amides is 3. The molecule has 0 atom stereocenters. The predicted molar refractivity (Wildman–Crippen MR) is 108 cm³/mol. The topological polar surface area (TPSA) is 122 Å². The summed E-state index contributed by atoms with van der Waals surface area (Å²) in [4.78, 5) is 25.6. The normalized spacial score (nSPS) is 10.9. The Morgan fingerprint density at radius 2 is 1.64 bits per heavy atom. The van der Waals surface area contributed by atoms with Gasteiger partial charge in [0.25, 0.3) is 0 Å². The summed E-state index contributed by atoms with van der Waals surface area (Å²) in [6.07, 6.45) is 0.115. The number of sulfonamides is 1. The van der Waals surface area contributed by atoms with Gasteiger partial charge in [0.2, 0.25) is 15.9 Å². The minimum absolute atomic E-state index is 0.115. The van der Waals surface area contributed by atoms with Crippen molar-refractivity contribution in [2.75, 3.05) is 18.9 Å². The summed E-state index contributed by atoms with van der Waals surface area (Å²) in [6.45, 7) is 0.678. The van der Waals surface area contributed by atoms with Gasteiger partial charge in [-0.15, -0.1) is 0 Å². The summed E-state index contributed by atoms with van der Waals surface area (Å²) in [5, 5.41) is 10.4. The maximum Gasteiger partial charge on any atom is 0.317 e. The van der Waals surface area contributed by atoms with E-state index in [2.05, 4.69) is 10.6 Å². The average molecular weight is 404 g/mol. The van der Waals surface area contributed by atoms with Gasteiger partial charge in [-0.3, -0.25) is 4.79 Å². The summed E-state index contributed by atoms with van der Waals surface area (Å²) < 4.78 is 22.1. The van der Waals surface area contributed by atoms with E-state index in [9.17, 15) is 18.0 Å². The van der Waals surface area contributed by atoms with Gasteiger partial charge >= 0.3 is 6.03 Å². The standard InChI is InChI=1S/C19H24N4O4S/c1-23(13-15-5-3-2-4-6-15)19(25)21-12-11-18(24)22-17-9-7-16(8-10-17)14-28(20,26)27/h2-10H,11-14H2,1H3,(H,21,25)(H,22,24)(H2,20,26,27). The largest absolute Gasteiger partial charge is 0.337 e. The van der Waals surface area contributed by atoms with Gasteiger partial charge in [0.05, 0.1) is 5.75 Å². The maximum atomic E-state index is 12.1. The Morgan fingerprint density at radius 3 is 2.25 bits per heavy atom. The first-order valence-corrected chi connectivity index (χ1v) is 10.4. The van der Waals surface area contributed by atoms with Gasteiger partial charge in [-0.25, -0.2) is 18.4 Å². The number of primary sulfonamides is 1. The highest BCUT2D eigenvalue weighted by Crippen LogP contribution is 2.11. The van der Waals surface area contributed by atoms with Crippen LogP contribution >= 0.6 is 0 Å². The molecule has 0 spiro atoms. The van der Waals surface area contributed by atoms with E-state index in [4.69, 9.17) is 5.14 Å². The Bertz CT molecular complexity index is 899. The third kappa shape index (κ3) is 7.77. The molecular weight excluding hydrogens is 380 g/mol. The molecule has 9 heteroatoms. The van der Waals surface area contributed by atoms with Gasteiger partial charge in [-0.2, -0.15) is 0 Å². The van der Waals surface area contributed by atoms with Crippen LogP contribution in [-0.2, 0) is 27.1 Å². The molecular formula is C19H24N4O4S. The van der Waals surface area contributed by atoms with Crippen molar-refractivity contribution in [2.24, 2.45) is 5.14 Å².